The fraction of sp³-hybridized carbons (Fsp3) is 1.00. The molecule has 54 valence electrons. The highest BCUT2D eigenvalue weighted by Crippen LogP contribution is 2.26. The van der Waals surface area contributed by atoms with Gasteiger partial charge < -0.3 is 0 Å². The maximum Gasteiger partial charge on any atom is 0.125 e. The Morgan fingerprint density at radius 1 is 1.22 bits per heavy atom. The van der Waals surface area contributed by atoms with Crippen molar-refractivity contribution in [2.75, 3.05) is 0 Å². The second kappa shape index (κ2) is 4.34. The summed E-state index contributed by atoms with van der Waals surface area (Å²) in [6.45, 7) is 0. The number of rotatable bonds is 2. The van der Waals surface area contributed by atoms with Crippen molar-refractivity contribution in [3.8, 4) is 0 Å². The normalized spacial score (nSPS) is 23.7. The quantitative estimate of drug-likeness (QED) is 0.432. The van der Waals surface area contributed by atoms with Gasteiger partial charge in [0.15, 0.2) is 0 Å². The van der Waals surface area contributed by atoms with E-state index in [9.17, 15) is 0 Å². The SMILES string of the molecule is Cl[SiH2]CC1CCCCC1. The van der Waals surface area contributed by atoms with Gasteiger partial charge in [0.05, 0.1) is 0 Å². The van der Waals surface area contributed by atoms with Crippen LogP contribution in [0.2, 0.25) is 6.04 Å². The smallest absolute Gasteiger partial charge is 0.125 e. The van der Waals surface area contributed by atoms with E-state index in [1.54, 1.807) is 0 Å². The molecule has 0 aliphatic heterocycles. The molecule has 0 unspecified atom stereocenters. The van der Waals surface area contributed by atoms with Crippen molar-refractivity contribution >= 4 is 19.9 Å². The Labute approximate surface area is 64.5 Å². The first kappa shape index (κ1) is 7.61. The number of halogens is 1. The van der Waals surface area contributed by atoms with Crippen LogP contribution in [0.1, 0.15) is 32.1 Å². The number of hydrogen-bond donors (Lipinski definition) is 0. The molecule has 9 heavy (non-hydrogen) atoms. The van der Waals surface area contributed by atoms with Gasteiger partial charge >= 0.3 is 0 Å². The van der Waals surface area contributed by atoms with E-state index in [4.69, 9.17) is 11.1 Å². The average molecular weight is 163 g/mol. The van der Waals surface area contributed by atoms with Crippen molar-refractivity contribution in [2.24, 2.45) is 5.92 Å². The fourth-order valence-electron chi connectivity index (χ4n) is 1.63. The number of hydrogen-bond acceptors (Lipinski definition) is 0. The summed E-state index contributed by atoms with van der Waals surface area (Å²) in [4.78, 5) is 0. The summed E-state index contributed by atoms with van der Waals surface area (Å²) in [5, 5.41) is 0. The summed E-state index contributed by atoms with van der Waals surface area (Å²) in [5.74, 6) is 1.03. The predicted molar refractivity (Wildman–Crippen MR) is 45.8 cm³/mol. The topological polar surface area (TPSA) is 0 Å². The molecule has 1 aliphatic rings. The molecule has 0 aromatic carbocycles. The molecule has 2 heteroatoms. The van der Waals surface area contributed by atoms with Crippen molar-refractivity contribution in [3.05, 3.63) is 0 Å². The first-order valence-corrected chi connectivity index (χ1v) is 7.13. The summed E-state index contributed by atoms with van der Waals surface area (Å²) in [6.07, 6.45) is 7.35. The van der Waals surface area contributed by atoms with Crippen LogP contribution < -0.4 is 0 Å². The van der Waals surface area contributed by atoms with Crippen LogP contribution in [-0.2, 0) is 0 Å². The zero-order chi connectivity index (χ0) is 6.53. The molecule has 0 radical (unpaired) electrons. The van der Waals surface area contributed by atoms with Gasteiger partial charge in [0.1, 0.15) is 8.83 Å². The van der Waals surface area contributed by atoms with Gasteiger partial charge in [-0.3, -0.25) is 0 Å². The van der Waals surface area contributed by atoms with Gasteiger partial charge in [0.2, 0.25) is 0 Å². The highest BCUT2D eigenvalue weighted by molar-refractivity contribution is 6.93. The Hall–Kier alpha value is 0.507. The molecule has 0 atom stereocenters. The van der Waals surface area contributed by atoms with Gasteiger partial charge in [0.25, 0.3) is 0 Å². The Morgan fingerprint density at radius 3 is 2.44 bits per heavy atom. The predicted octanol–water partition coefficient (Wildman–Crippen LogP) is 2.31. The molecule has 1 fully saturated rings. The van der Waals surface area contributed by atoms with E-state index >= 15 is 0 Å². The van der Waals surface area contributed by atoms with Crippen molar-refractivity contribution in [1.82, 2.24) is 0 Å². The van der Waals surface area contributed by atoms with E-state index in [1.165, 1.54) is 38.1 Å². The molecule has 0 aromatic heterocycles. The van der Waals surface area contributed by atoms with Crippen molar-refractivity contribution in [2.45, 2.75) is 38.1 Å². The Bertz CT molecular complexity index is 66.6. The third-order valence-corrected chi connectivity index (χ3v) is 3.93. The first-order chi connectivity index (χ1) is 4.43. The lowest BCUT2D eigenvalue weighted by Gasteiger charge is -2.19. The second-order valence-corrected chi connectivity index (χ2v) is 5.07. The fourth-order valence-corrected chi connectivity index (χ4v) is 3.44. The zero-order valence-corrected chi connectivity index (χ0v) is 8.08. The van der Waals surface area contributed by atoms with Gasteiger partial charge in [-0.15, -0.1) is 0 Å². The van der Waals surface area contributed by atoms with E-state index < -0.39 is 0 Å². The standard InChI is InChI=1S/C7H15ClSi/c8-9-6-7-4-2-1-3-5-7/h7H,1-6,9H2. The van der Waals surface area contributed by atoms with Crippen LogP contribution in [0.15, 0.2) is 0 Å². The van der Waals surface area contributed by atoms with E-state index in [0.717, 1.165) is 5.92 Å². The average Bonchev–Trinajstić information content (AvgIpc) is 1.91. The molecule has 0 heterocycles. The van der Waals surface area contributed by atoms with E-state index in [-0.39, 0.29) is 8.83 Å². The summed E-state index contributed by atoms with van der Waals surface area (Å²) in [7, 11) is -0.159. The summed E-state index contributed by atoms with van der Waals surface area (Å²) in [5.41, 5.74) is 0. The molecule has 0 spiro atoms. The molecule has 0 nitrogen and oxygen atoms in total. The summed E-state index contributed by atoms with van der Waals surface area (Å²) < 4.78 is 0. The second-order valence-electron chi connectivity index (χ2n) is 2.98. The van der Waals surface area contributed by atoms with Crippen molar-refractivity contribution < 1.29 is 0 Å². The Kier molecular flexibility index (Phi) is 3.67. The molecular formula is C7H15ClSi. The van der Waals surface area contributed by atoms with Gasteiger partial charge in [-0.05, 0) is 12.0 Å². The molecular weight excluding hydrogens is 148 g/mol. The maximum absolute atomic E-state index is 5.77. The maximum atomic E-state index is 5.77. The molecule has 1 saturated carbocycles. The van der Waals surface area contributed by atoms with Crippen LogP contribution in [-0.4, -0.2) is 8.83 Å². The third-order valence-electron chi connectivity index (χ3n) is 2.24. The monoisotopic (exact) mass is 162 g/mol. The largest absolute Gasteiger partial charge is 0.176 e. The molecule has 0 saturated heterocycles. The summed E-state index contributed by atoms with van der Waals surface area (Å²) in [6, 6.07) is 1.39. The van der Waals surface area contributed by atoms with Crippen LogP contribution in [0, 0.1) is 5.92 Å². The van der Waals surface area contributed by atoms with Crippen molar-refractivity contribution in [3.63, 3.8) is 0 Å². The minimum atomic E-state index is -0.159. The minimum absolute atomic E-state index is 0.159. The minimum Gasteiger partial charge on any atom is -0.176 e. The van der Waals surface area contributed by atoms with Gasteiger partial charge in [-0.1, -0.05) is 32.1 Å². The van der Waals surface area contributed by atoms with E-state index in [1.807, 2.05) is 0 Å². The third kappa shape index (κ3) is 2.72. The lowest BCUT2D eigenvalue weighted by atomic mass is 9.91. The van der Waals surface area contributed by atoms with Gasteiger partial charge in [-0.25, -0.2) is 0 Å². The highest BCUT2D eigenvalue weighted by atomic mass is 35.6. The lowest BCUT2D eigenvalue weighted by Crippen LogP contribution is -2.06. The molecule has 0 amide bonds. The van der Waals surface area contributed by atoms with Crippen LogP contribution in [0.4, 0.5) is 0 Å². The molecule has 0 aromatic rings. The van der Waals surface area contributed by atoms with Crippen LogP contribution in [0.25, 0.3) is 0 Å². The van der Waals surface area contributed by atoms with Gasteiger partial charge in [-0.2, -0.15) is 11.1 Å². The van der Waals surface area contributed by atoms with E-state index in [2.05, 4.69) is 0 Å². The first-order valence-electron chi connectivity index (χ1n) is 3.99. The Morgan fingerprint density at radius 2 is 1.89 bits per heavy atom. The van der Waals surface area contributed by atoms with Crippen molar-refractivity contribution in [1.29, 1.82) is 0 Å². The summed E-state index contributed by atoms with van der Waals surface area (Å²) >= 11 is 5.77. The van der Waals surface area contributed by atoms with Crippen LogP contribution >= 0.6 is 11.1 Å². The zero-order valence-electron chi connectivity index (χ0n) is 5.91. The molecule has 1 rings (SSSR count). The van der Waals surface area contributed by atoms with Gasteiger partial charge in [0, 0.05) is 0 Å². The highest BCUT2D eigenvalue weighted by Gasteiger charge is 2.11. The molecule has 1 aliphatic carbocycles. The van der Waals surface area contributed by atoms with Crippen LogP contribution in [0.3, 0.4) is 0 Å². The van der Waals surface area contributed by atoms with E-state index in [0.29, 0.717) is 0 Å². The molecule has 0 N–H and O–H groups in total. The lowest BCUT2D eigenvalue weighted by molar-refractivity contribution is 0.385. The van der Waals surface area contributed by atoms with Crippen LogP contribution in [0.5, 0.6) is 0 Å². The Balaban J connectivity index is 2.08. The molecule has 0 bridgehead atoms.